The summed E-state index contributed by atoms with van der Waals surface area (Å²) in [4.78, 5) is 8.98. The first-order chi connectivity index (χ1) is 10.3. The molecular weight excluding hydrogens is 280 g/mol. The Bertz CT molecular complexity index is 811. The van der Waals surface area contributed by atoms with Crippen molar-refractivity contribution in [3.63, 3.8) is 0 Å². The summed E-state index contributed by atoms with van der Waals surface area (Å²) < 4.78 is 1.14. The van der Waals surface area contributed by atoms with Gasteiger partial charge in [-0.3, -0.25) is 0 Å². The Balaban J connectivity index is 1.89. The number of benzene rings is 2. The van der Waals surface area contributed by atoms with Crippen LogP contribution in [0.1, 0.15) is 0 Å². The minimum Gasteiger partial charge on any atom is -0.395 e. The van der Waals surface area contributed by atoms with Crippen molar-refractivity contribution < 1.29 is 0 Å². The van der Waals surface area contributed by atoms with E-state index in [2.05, 4.69) is 58.2 Å². The number of aromatic nitrogens is 1. The molecule has 4 rings (SSSR count). The minimum atomic E-state index is 0.771. The maximum Gasteiger partial charge on any atom is 0.106 e. The summed E-state index contributed by atoms with van der Waals surface area (Å²) >= 11 is 1.62. The van der Waals surface area contributed by atoms with Crippen LogP contribution in [0.2, 0.25) is 0 Å². The Morgan fingerprint density at radius 1 is 1.05 bits per heavy atom. The lowest BCUT2D eigenvalue weighted by Gasteiger charge is -2.37. The van der Waals surface area contributed by atoms with Crippen molar-refractivity contribution >= 4 is 44.3 Å². The summed E-state index contributed by atoms with van der Waals surface area (Å²) in [6, 6.07) is 12.7. The maximum absolute atomic E-state index is 6.37. The third kappa shape index (κ3) is 1.85. The SMILES string of the molecule is CN1CCN(c2ccc3scnc3c2N)c2ccccc21. The number of thiazole rings is 1. The zero-order chi connectivity index (χ0) is 14.4. The summed E-state index contributed by atoms with van der Waals surface area (Å²) in [5.41, 5.74) is 13.4. The van der Waals surface area contributed by atoms with Crippen LogP contribution >= 0.6 is 11.3 Å². The molecule has 0 bridgehead atoms. The van der Waals surface area contributed by atoms with E-state index >= 15 is 0 Å². The van der Waals surface area contributed by atoms with Gasteiger partial charge in [0.15, 0.2) is 0 Å². The number of nitrogen functional groups attached to an aromatic ring is 1. The summed E-state index contributed by atoms with van der Waals surface area (Å²) in [6.45, 7) is 1.90. The lowest BCUT2D eigenvalue weighted by atomic mass is 10.1. The second-order valence-corrected chi connectivity index (χ2v) is 6.15. The number of para-hydroxylation sites is 2. The van der Waals surface area contributed by atoms with E-state index in [4.69, 9.17) is 5.73 Å². The monoisotopic (exact) mass is 296 g/mol. The molecule has 106 valence electrons. The molecule has 0 spiro atoms. The van der Waals surface area contributed by atoms with Crippen molar-refractivity contribution in [2.75, 3.05) is 35.7 Å². The molecule has 0 saturated heterocycles. The van der Waals surface area contributed by atoms with Crippen molar-refractivity contribution in [3.8, 4) is 0 Å². The van der Waals surface area contributed by atoms with Gasteiger partial charge in [-0.2, -0.15) is 0 Å². The van der Waals surface area contributed by atoms with Crippen LogP contribution in [0.4, 0.5) is 22.7 Å². The van der Waals surface area contributed by atoms with Crippen molar-refractivity contribution in [3.05, 3.63) is 41.9 Å². The zero-order valence-electron chi connectivity index (χ0n) is 11.8. The highest BCUT2D eigenvalue weighted by molar-refractivity contribution is 7.16. The van der Waals surface area contributed by atoms with Crippen LogP contribution in [0.5, 0.6) is 0 Å². The van der Waals surface area contributed by atoms with Gasteiger partial charge in [0.25, 0.3) is 0 Å². The fraction of sp³-hybridized carbons (Fsp3) is 0.188. The number of likely N-dealkylation sites (N-methyl/N-ethyl adjacent to an activating group) is 1. The standard InChI is InChI=1S/C16H16N4S/c1-19-8-9-20(12-5-3-2-4-11(12)19)13-6-7-14-16(15(13)17)18-10-21-14/h2-7,10H,8-9,17H2,1H3. The fourth-order valence-electron chi connectivity index (χ4n) is 2.93. The predicted octanol–water partition coefficient (Wildman–Crippen LogP) is 3.47. The fourth-order valence-corrected chi connectivity index (χ4v) is 3.63. The molecule has 4 nitrogen and oxygen atoms in total. The Labute approximate surface area is 127 Å². The van der Waals surface area contributed by atoms with Gasteiger partial charge in [0.05, 0.1) is 33.0 Å². The van der Waals surface area contributed by atoms with Gasteiger partial charge in [0.2, 0.25) is 0 Å². The normalized spacial score (nSPS) is 14.5. The number of hydrogen-bond acceptors (Lipinski definition) is 5. The molecule has 0 atom stereocenters. The van der Waals surface area contributed by atoms with Gasteiger partial charge in [-0.1, -0.05) is 12.1 Å². The molecule has 1 aliphatic heterocycles. The predicted molar refractivity (Wildman–Crippen MR) is 90.8 cm³/mol. The zero-order valence-corrected chi connectivity index (χ0v) is 12.6. The first kappa shape index (κ1) is 12.5. The smallest absolute Gasteiger partial charge is 0.106 e. The highest BCUT2D eigenvalue weighted by Gasteiger charge is 2.23. The molecule has 0 aliphatic carbocycles. The number of nitrogens with zero attached hydrogens (tertiary/aromatic N) is 3. The van der Waals surface area contributed by atoms with E-state index in [-0.39, 0.29) is 0 Å². The molecule has 1 aromatic heterocycles. The van der Waals surface area contributed by atoms with Crippen LogP contribution in [0.25, 0.3) is 10.2 Å². The third-order valence-electron chi connectivity index (χ3n) is 4.05. The Morgan fingerprint density at radius 3 is 2.71 bits per heavy atom. The number of hydrogen-bond donors (Lipinski definition) is 1. The van der Waals surface area contributed by atoms with E-state index in [1.807, 2.05) is 5.51 Å². The number of anilines is 4. The average Bonchev–Trinajstić information content (AvgIpc) is 2.99. The quantitative estimate of drug-likeness (QED) is 0.698. The van der Waals surface area contributed by atoms with Crippen LogP contribution in [0, 0.1) is 0 Å². The van der Waals surface area contributed by atoms with E-state index in [1.54, 1.807) is 11.3 Å². The molecule has 1 aliphatic rings. The van der Waals surface area contributed by atoms with Crippen molar-refractivity contribution in [1.29, 1.82) is 0 Å². The topological polar surface area (TPSA) is 45.4 Å². The number of fused-ring (bicyclic) bond motifs is 2. The number of nitrogens with two attached hydrogens (primary N) is 1. The van der Waals surface area contributed by atoms with Crippen LogP contribution in [0.3, 0.4) is 0 Å². The van der Waals surface area contributed by atoms with E-state index in [0.717, 1.165) is 34.7 Å². The molecule has 0 unspecified atom stereocenters. The summed E-state index contributed by atoms with van der Waals surface area (Å²) in [5.74, 6) is 0. The summed E-state index contributed by atoms with van der Waals surface area (Å²) in [5, 5.41) is 0. The van der Waals surface area contributed by atoms with E-state index in [0.29, 0.717) is 0 Å². The van der Waals surface area contributed by atoms with Crippen LogP contribution < -0.4 is 15.5 Å². The second kappa shape index (κ2) is 4.63. The van der Waals surface area contributed by atoms with Gasteiger partial charge in [0.1, 0.15) is 5.52 Å². The molecule has 0 saturated carbocycles. The van der Waals surface area contributed by atoms with Crippen LogP contribution in [0.15, 0.2) is 41.9 Å². The van der Waals surface area contributed by atoms with Gasteiger partial charge in [-0.25, -0.2) is 4.98 Å². The molecule has 2 heterocycles. The van der Waals surface area contributed by atoms with Crippen LogP contribution in [-0.4, -0.2) is 25.1 Å². The van der Waals surface area contributed by atoms with E-state index in [1.165, 1.54) is 11.4 Å². The average molecular weight is 296 g/mol. The molecular formula is C16H16N4S. The summed E-state index contributed by atoms with van der Waals surface area (Å²) in [6.07, 6.45) is 0. The molecule has 21 heavy (non-hydrogen) atoms. The van der Waals surface area contributed by atoms with Crippen LogP contribution in [-0.2, 0) is 0 Å². The van der Waals surface area contributed by atoms with Gasteiger partial charge in [-0.15, -0.1) is 11.3 Å². The molecule has 2 aromatic carbocycles. The molecule has 0 amide bonds. The van der Waals surface area contributed by atoms with E-state index < -0.39 is 0 Å². The first-order valence-corrected chi connectivity index (χ1v) is 7.83. The third-order valence-corrected chi connectivity index (χ3v) is 4.85. The van der Waals surface area contributed by atoms with Gasteiger partial charge in [-0.05, 0) is 24.3 Å². The lowest BCUT2D eigenvalue weighted by molar-refractivity contribution is 0.823. The highest BCUT2D eigenvalue weighted by Crippen LogP contribution is 2.41. The summed E-state index contributed by atoms with van der Waals surface area (Å²) in [7, 11) is 2.13. The molecule has 5 heteroatoms. The molecule has 3 aromatic rings. The Morgan fingerprint density at radius 2 is 1.86 bits per heavy atom. The highest BCUT2D eigenvalue weighted by atomic mass is 32.1. The van der Waals surface area contributed by atoms with Crippen molar-refractivity contribution in [2.45, 2.75) is 0 Å². The van der Waals surface area contributed by atoms with Gasteiger partial charge >= 0.3 is 0 Å². The Kier molecular flexibility index (Phi) is 2.75. The Hall–Kier alpha value is -2.27. The first-order valence-electron chi connectivity index (χ1n) is 6.95. The van der Waals surface area contributed by atoms with Gasteiger partial charge < -0.3 is 15.5 Å². The molecule has 0 radical (unpaired) electrons. The minimum absolute atomic E-state index is 0.771. The number of rotatable bonds is 1. The van der Waals surface area contributed by atoms with Crippen molar-refractivity contribution in [2.24, 2.45) is 0 Å². The maximum atomic E-state index is 6.37. The van der Waals surface area contributed by atoms with Crippen molar-refractivity contribution in [1.82, 2.24) is 4.98 Å². The van der Waals surface area contributed by atoms with E-state index in [9.17, 15) is 0 Å². The van der Waals surface area contributed by atoms with Gasteiger partial charge in [0, 0.05) is 20.1 Å². The largest absolute Gasteiger partial charge is 0.395 e. The molecule has 2 N–H and O–H groups in total. The molecule has 0 fully saturated rings. The lowest BCUT2D eigenvalue weighted by Crippen LogP contribution is -2.36. The second-order valence-electron chi connectivity index (χ2n) is 5.26.